The van der Waals surface area contributed by atoms with Gasteiger partial charge in [0.2, 0.25) is 0 Å². The van der Waals surface area contributed by atoms with E-state index in [1.165, 1.54) is 0 Å². The molecular formula is C15H30N2O3. The molecule has 0 aromatic heterocycles. The van der Waals surface area contributed by atoms with Crippen molar-refractivity contribution >= 4 is 6.03 Å². The maximum Gasteiger partial charge on any atom is 0.315 e. The number of hydrogen-bond acceptors (Lipinski definition) is 3. The van der Waals surface area contributed by atoms with Crippen LogP contribution in [0, 0.1) is 11.8 Å². The van der Waals surface area contributed by atoms with E-state index in [0.29, 0.717) is 18.4 Å². The van der Waals surface area contributed by atoms with Crippen molar-refractivity contribution in [2.24, 2.45) is 11.8 Å². The summed E-state index contributed by atoms with van der Waals surface area (Å²) in [4.78, 5) is 11.9. The van der Waals surface area contributed by atoms with Crippen molar-refractivity contribution in [3.8, 4) is 0 Å². The van der Waals surface area contributed by atoms with Gasteiger partial charge in [-0.2, -0.15) is 0 Å². The predicted molar refractivity (Wildman–Crippen MR) is 79.8 cm³/mol. The molecule has 2 atom stereocenters. The second-order valence-electron chi connectivity index (χ2n) is 6.19. The SMILES string of the molecule is CC(C)COC[C@@H](C)NC(=O)N[C@@H](C)C1CCOCC1. The third-order valence-corrected chi connectivity index (χ3v) is 3.53. The van der Waals surface area contributed by atoms with Gasteiger partial charge in [0.25, 0.3) is 0 Å². The molecule has 0 aromatic carbocycles. The number of ether oxygens (including phenoxy) is 2. The Morgan fingerprint density at radius 1 is 1.15 bits per heavy atom. The van der Waals surface area contributed by atoms with Gasteiger partial charge in [-0.1, -0.05) is 13.8 Å². The van der Waals surface area contributed by atoms with Gasteiger partial charge in [0.05, 0.1) is 12.6 Å². The molecule has 118 valence electrons. The Morgan fingerprint density at radius 3 is 2.40 bits per heavy atom. The highest BCUT2D eigenvalue weighted by molar-refractivity contribution is 5.74. The molecule has 0 saturated carbocycles. The van der Waals surface area contributed by atoms with Crippen molar-refractivity contribution < 1.29 is 14.3 Å². The monoisotopic (exact) mass is 286 g/mol. The number of nitrogens with one attached hydrogen (secondary N) is 2. The van der Waals surface area contributed by atoms with E-state index in [2.05, 4.69) is 31.4 Å². The highest BCUT2D eigenvalue weighted by Crippen LogP contribution is 2.18. The Labute approximate surface area is 122 Å². The summed E-state index contributed by atoms with van der Waals surface area (Å²) in [6, 6.07) is 0.1000. The zero-order valence-corrected chi connectivity index (χ0v) is 13.3. The summed E-state index contributed by atoms with van der Waals surface area (Å²) in [6.45, 7) is 11.1. The molecule has 1 aliphatic rings. The molecule has 20 heavy (non-hydrogen) atoms. The summed E-state index contributed by atoms with van der Waals surface area (Å²) >= 11 is 0. The van der Waals surface area contributed by atoms with Gasteiger partial charge in [-0.15, -0.1) is 0 Å². The van der Waals surface area contributed by atoms with Gasteiger partial charge in [-0.05, 0) is 38.5 Å². The Kier molecular flexibility index (Phi) is 7.92. The molecule has 2 amide bonds. The number of carbonyl (C=O) groups excluding carboxylic acids is 1. The minimum atomic E-state index is -0.107. The lowest BCUT2D eigenvalue weighted by Crippen LogP contribution is -2.48. The molecule has 1 aliphatic heterocycles. The summed E-state index contributed by atoms with van der Waals surface area (Å²) < 4.78 is 10.9. The Bertz CT molecular complexity index is 278. The molecule has 1 heterocycles. The predicted octanol–water partition coefficient (Wildman–Crippen LogP) is 2.16. The van der Waals surface area contributed by atoms with E-state index < -0.39 is 0 Å². The molecule has 2 N–H and O–H groups in total. The molecule has 0 aliphatic carbocycles. The molecule has 5 nitrogen and oxygen atoms in total. The van der Waals surface area contributed by atoms with Crippen molar-refractivity contribution in [3.63, 3.8) is 0 Å². The second-order valence-corrected chi connectivity index (χ2v) is 6.19. The van der Waals surface area contributed by atoms with E-state index >= 15 is 0 Å². The van der Waals surface area contributed by atoms with E-state index in [1.54, 1.807) is 0 Å². The van der Waals surface area contributed by atoms with Crippen LogP contribution in [0.1, 0.15) is 40.5 Å². The van der Waals surface area contributed by atoms with Crippen molar-refractivity contribution in [2.75, 3.05) is 26.4 Å². The lowest BCUT2D eigenvalue weighted by molar-refractivity contribution is 0.0568. The number of rotatable bonds is 7. The van der Waals surface area contributed by atoms with Gasteiger partial charge in [-0.3, -0.25) is 0 Å². The average molecular weight is 286 g/mol. The Balaban J connectivity index is 2.17. The first-order valence-corrected chi connectivity index (χ1v) is 7.71. The zero-order valence-electron chi connectivity index (χ0n) is 13.3. The molecule has 0 bridgehead atoms. The van der Waals surface area contributed by atoms with Crippen LogP contribution in [0.2, 0.25) is 0 Å². The largest absolute Gasteiger partial charge is 0.381 e. The highest BCUT2D eigenvalue weighted by Gasteiger charge is 2.22. The van der Waals surface area contributed by atoms with E-state index in [9.17, 15) is 4.79 Å². The normalized spacial score (nSPS) is 19.6. The van der Waals surface area contributed by atoms with E-state index in [0.717, 1.165) is 32.7 Å². The lowest BCUT2D eigenvalue weighted by atomic mass is 9.93. The summed E-state index contributed by atoms with van der Waals surface area (Å²) in [7, 11) is 0. The van der Waals surface area contributed by atoms with Gasteiger partial charge in [0, 0.05) is 25.9 Å². The fourth-order valence-electron chi connectivity index (χ4n) is 2.33. The molecule has 0 radical (unpaired) electrons. The molecule has 5 heteroatoms. The van der Waals surface area contributed by atoms with Crippen LogP contribution >= 0.6 is 0 Å². The van der Waals surface area contributed by atoms with Gasteiger partial charge < -0.3 is 20.1 Å². The molecule has 1 saturated heterocycles. The molecular weight excluding hydrogens is 256 g/mol. The maximum absolute atomic E-state index is 11.9. The van der Waals surface area contributed by atoms with Gasteiger partial charge >= 0.3 is 6.03 Å². The first-order valence-electron chi connectivity index (χ1n) is 7.71. The van der Waals surface area contributed by atoms with Gasteiger partial charge in [0.1, 0.15) is 0 Å². The molecule has 0 aromatic rings. The standard InChI is InChI=1S/C15H30N2O3/c1-11(2)9-20-10-12(3)16-15(18)17-13(4)14-5-7-19-8-6-14/h11-14H,5-10H2,1-4H3,(H2,16,17,18)/t12-,13+/m1/s1. The lowest BCUT2D eigenvalue weighted by Gasteiger charge is -2.28. The Morgan fingerprint density at radius 2 is 1.80 bits per heavy atom. The van der Waals surface area contributed by atoms with Crippen molar-refractivity contribution in [3.05, 3.63) is 0 Å². The van der Waals surface area contributed by atoms with Crippen LogP contribution in [-0.2, 0) is 9.47 Å². The molecule has 1 rings (SSSR count). The van der Waals surface area contributed by atoms with Crippen LogP contribution in [-0.4, -0.2) is 44.5 Å². The second kappa shape index (κ2) is 9.19. The molecule has 0 unspecified atom stereocenters. The molecule has 0 spiro atoms. The van der Waals surface area contributed by atoms with Crippen molar-refractivity contribution in [2.45, 2.75) is 52.6 Å². The van der Waals surface area contributed by atoms with Gasteiger partial charge in [-0.25, -0.2) is 4.79 Å². The fraction of sp³-hybridized carbons (Fsp3) is 0.933. The quantitative estimate of drug-likeness (QED) is 0.754. The first-order chi connectivity index (χ1) is 9.49. The van der Waals surface area contributed by atoms with Crippen LogP contribution in [0.25, 0.3) is 0 Å². The van der Waals surface area contributed by atoms with Crippen LogP contribution in [0.5, 0.6) is 0 Å². The minimum Gasteiger partial charge on any atom is -0.381 e. The average Bonchev–Trinajstić information content (AvgIpc) is 2.38. The van der Waals surface area contributed by atoms with Crippen LogP contribution in [0.15, 0.2) is 0 Å². The topological polar surface area (TPSA) is 59.6 Å². The molecule has 1 fully saturated rings. The van der Waals surface area contributed by atoms with Crippen molar-refractivity contribution in [1.82, 2.24) is 10.6 Å². The minimum absolute atomic E-state index is 0.0237. The van der Waals surface area contributed by atoms with Crippen LogP contribution in [0.4, 0.5) is 4.79 Å². The third-order valence-electron chi connectivity index (χ3n) is 3.53. The van der Waals surface area contributed by atoms with Crippen molar-refractivity contribution in [1.29, 1.82) is 0 Å². The summed E-state index contributed by atoms with van der Waals surface area (Å²) in [5.41, 5.74) is 0. The Hall–Kier alpha value is -0.810. The van der Waals surface area contributed by atoms with Crippen LogP contribution < -0.4 is 10.6 Å². The van der Waals surface area contributed by atoms with Crippen LogP contribution in [0.3, 0.4) is 0 Å². The van der Waals surface area contributed by atoms with Gasteiger partial charge in [0.15, 0.2) is 0 Å². The maximum atomic E-state index is 11.9. The number of amides is 2. The fourth-order valence-corrected chi connectivity index (χ4v) is 2.33. The zero-order chi connectivity index (χ0) is 15.0. The van der Waals surface area contributed by atoms with E-state index in [4.69, 9.17) is 9.47 Å². The summed E-state index contributed by atoms with van der Waals surface area (Å²) in [5.74, 6) is 1.03. The summed E-state index contributed by atoms with van der Waals surface area (Å²) in [6.07, 6.45) is 2.04. The number of hydrogen-bond donors (Lipinski definition) is 2. The summed E-state index contributed by atoms with van der Waals surface area (Å²) in [5, 5.41) is 5.94. The van der Waals surface area contributed by atoms with E-state index in [-0.39, 0.29) is 18.1 Å². The highest BCUT2D eigenvalue weighted by atomic mass is 16.5. The smallest absolute Gasteiger partial charge is 0.315 e. The van der Waals surface area contributed by atoms with E-state index in [1.807, 2.05) is 6.92 Å². The first kappa shape index (κ1) is 17.2. The number of urea groups is 1. The third kappa shape index (κ3) is 7.10. The number of carbonyl (C=O) groups is 1.